The van der Waals surface area contributed by atoms with Crippen LogP contribution >= 0.6 is 12.4 Å². The van der Waals surface area contributed by atoms with Crippen molar-refractivity contribution in [2.45, 2.75) is 55.9 Å². The van der Waals surface area contributed by atoms with Crippen molar-refractivity contribution in [1.29, 1.82) is 0 Å². The molecule has 0 bridgehead atoms. The Morgan fingerprint density at radius 2 is 1.85 bits per heavy atom. The molecule has 26 heavy (non-hydrogen) atoms. The SMILES string of the molecule is Cc1oc(-c2nc(C3(N)CCCC3)no2)cc1S(=O)(=O)N1CCCC1.Cl. The third-order valence-corrected chi connectivity index (χ3v) is 7.14. The van der Waals surface area contributed by atoms with Crippen LogP contribution in [0.1, 0.15) is 50.1 Å². The molecule has 144 valence electrons. The highest BCUT2D eigenvalue weighted by Gasteiger charge is 2.37. The fraction of sp³-hybridized carbons (Fsp3) is 0.625. The Bertz CT molecular complexity index is 880. The van der Waals surface area contributed by atoms with Gasteiger partial charge < -0.3 is 14.7 Å². The molecule has 0 unspecified atom stereocenters. The summed E-state index contributed by atoms with van der Waals surface area (Å²) in [5.41, 5.74) is 5.78. The lowest BCUT2D eigenvalue weighted by Crippen LogP contribution is -2.34. The number of nitrogens with zero attached hydrogens (tertiary/aromatic N) is 3. The number of aryl methyl sites for hydroxylation is 1. The van der Waals surface area contributed by atoms with Crippen LogP contribution in [0.2, 0.25) is 0 Å². The molecule has 10 heteroatoms. The van der Waals surface area contributed by atoms with Crippen LogP contribution in [0.15, 0.2) is 19.9 Å². The molecule has 1 aliphatic carbocycles. The minimum absolute atomic E-state index is 0. The van der Waals surface area contributed by atoms with Crippen molar-refractivity contribution in [2.75, 3.05) is 13.1 Å². The van der Waals surface area contributed by atoms with Crippen LogP contribution in [-0.2, 0) is 15.6 Å². The molecule has 0 aromatic carbocycles. The van der Waals surface area contributed by atoms with Crippen LogP contribution in [0.4, 0.5) is 0 Å². The predicted molar refractivity (Wildman–Crippen MR) is 96.3 cm³/mol. The summed E-state index contributed by atoms with van der Waals surface area (Å²) in [6, 6.07) is 1.47. The van der Waals surface area contributed by atoms with Gasteiger partial charge in [0.05, 0.1) is 5.54 Å². The van der Waals surface area contributed by atoms with E-state index in [0.717, 1.165) is 38.5 Å². The number of halogens is 1. The highest BCUT2D eigenvalue weighted by atomic mass is 35.5. The first-order chi connectivity index (χ1) is 11.9. The summed E-state index contributed by atoms with van der Waals surface area (Å²) in [5.74, 6) is 1.20. The van der Waals surface area contributed by atoms with Gasteiger partial charge in [-0.2, -0.15) is 9.29 Å². The third-order valence-electron chi connectivity index (χ3n) is 5.13. The van der Waals surface area contributed by atoms with Gasteiger partial charge in [-0.25, -0.2) is 8.42 Å². The van der Waals surface area contributed by atoms with Crippen LogP contribution < -0.4 is 5.73 Å². The summed E-state index contributed by atoms with van der Waals surface area (Å²) in [4.78, 5) is 4.52. The highest BCUT2D eigenvalue weighted by Crippen LogP contribution is 2.36. The molecule has 2 aliphatic rings. The van der Waals surface area contributed by atoms with Crippen molar-refractivity contribution in [1.82, 2.24) is 14.4 Å². The van der Waals surface area contributed by atoms with Gasteiger partial charge in [0.15, 0.2) is 11.6 Å². The first kappa shape index (κ1) is 19.3. The highest BCUT2D eigenvalue weighted by molar-refractivity contribution is 7.89. The summed E-state index contributed by atoms with van der Waals surface area (Å²) >= 11 is 0. The second-order valence-electron chi connectivity index (χ2n) is 6.93. The summed E-state index contributed by atoms with van der Waals surface area (Å²) < 4.78 is 37.9. The zero-order valence-corrected chi connectivity index (χ0v) is 16.2. The molecule has 0 amide bonds. The average Bonchev–Trinajstić information content (AvgIpc) is 3.34. The number of rotatable bonds is 4. The zero-order chi connectivity index (χ0) is 17.7. The van der Waals surface area contributed by atoms with Crippen molar-refractivity contribution < 1.29 is 17.4 Å². The molecule has 3 heterocycles. The van der Waals surface area contributed by atoms with Gasteiger partial charge in [0.2, 0.25) is 10.0 Å². The number of nitrogens with two attached hydrogens (primary N) is 1. The molecule has 1 aliphatic heterocycles. The van der Waals surface area contributed by atoms with E-state index in [9.17, 15) is 8.42 Å². The molecule has 2 N–H and O–H groups in total. The maximum atomic E-state index is 12.7. The Morgan fingerprint density at radius 1 is 1.19 bits per heavy atom. The van der Waals surface area contributed by atoms with E-state index in [1.807, 2.05) is 0 Å². The van der Waals surface area contributed by atoms with Crippen molar-refractivity contribution >= 4 is 22.4 Å². The standard InChI is InChI=1S/C16H22N4O4S.ClH/c1-11-13(25(21,22)20-8-4-5-9-20)10-12(23-11)14-18-15(19-24-14)16(17)6-2-3-7-16;/h10H,2-9,17H2,1H3;1H. The average molecular weight is 403 g/mol. The minimum Gasteiger partial charge on any atom is -0.455 e. The van der Waals surface area contributed by atoms with Gasteiger partial charge >= 0.3 is 0 Å². The number of aromatic nitrogens is 2. The van der Waals surface area contributed by atoms with Crippen LogP contribution in [0.3, 0.4) is 0 Å². The molecule has 1 saturated carbocycles. The fourth-order valence-corrected chi connectivity index (χ4v) is 5.33. The molecular formula is C16H23ClN4O4S. The Balaban J connectivity index is 0.00000196. The Morgan fingerprint density at radius 3 is 2.50 bits per heavy atom. The first-order valence-electron chi connectivity index (χ1n) is 8.64. The number of hydrogen-bond donors (Lipinski definition) is 1. The largest absolute Gasteiger partial charge is 0.455 e. The molecule has 2 aromatic heterocycles. The van der Waals surface area contributed by atoms with Crippen molar-refractivity contribution in [2.24, 2.45) is 5.73 Å². The number of furan rings is 1. The van der Waals surface area contributed by atoms with E-state index in [0.29, 0.717) is 24.7 Å². The van der Waals surface area contributed by atoms with E-state index in [2.05, 4.69) is 10.1 Å². The first-order valence-corrected chi connectivity index (χ1v) is 10.1. The van der Waals surface area contributed by atoms with Crippen molar-refractivity contribution in [3.05, 3.63) is 17.7 Å². The lowest BCUT2D eigenvalue weighted by Gasteiger charge is -2.17. The zero-order valence-electron chi connectivity index (χ0n) is 14.6. The predicted octanol–water partition coefficient (Wildman–Crippen LogP) is 2.57. The monoisotopic (exact) mass is 402 g/mol. The van der Waals surface area contributed by atoms with Crippen LogP contribution in [0, 0.1) is 6.92 Å². The van der Waals surface area contributed by atoms with Gasteiger partial charge in [0.25, 0.3) is 5.89 Å². The van der Waals surface area contributed by atoms with Gasteiger partial charge in [-0.1, -0.05) is 18.0 Å². The maximum Gasteiger partial charge on any atom is 0.293 e. The summed E-state index contributed by atoms with van der Waals surface area (Å²) in [5, 5.41) is 3.99. The van der Waals surface area contributed by atoms with Gasteiger partial charge in [-0.15, -0.1) is 12.4 Å². The summed E-state index contributed by atoms with van der Waals surface area (Å²) in [6.45, 7) is 2.72. The molecule has 4 rings (SSSR count). The van der Waals surface area contributed by atoms with E-state index < -0.39 is 15.6 Å². The van der Waals surface area contributed by atoms with Crippen LogP contribution in [0.5, 0.6) is 0 Å². The second kappa shape index (κ2) is 6.95. The minimum atomic E-state index is -3.55. The lowest BCUT2D eigenvalue weighted by molar-refractivity contribution is 0.367. The molecule has 0 atom stereocenters. The number of sulfonamides is 1. The summed E-state index contributed by atoms with van der Waals surface area (Å²) in [7, 11) is -3.55. The van der Waals surface area contributed by atoms with E-state index in [4.69, 9.17) is 14.7 Å². The van der Waals surface area contributed by atoms with E-state index >= 15 is 0 Å². The summed E-state index contributed by atoms with van der Waals surface area (Å²) in [6.07, 6.45) is 5.48. The quantitative estimate of drug-likeness (QED) is 0.835. The molecule has 2 fully saturated rings. The smallest absolute Gasteiger partial charge is 0.293 e. The van der Waals surface area contributed by atoms with E-state index in [-0.39, 0.29) is 29.0 Å². The molecule has 0 radical (unpaired) electrons. The van der Waals surface area contributed by atoms with E-state index in [1.54, 1.807) is 6.92 Å². The van der Waals surface area contributed by atoms with Crippen molar-refractivity contribution in [3.63, 3.8) is 0 Å². The lowest BCUT2D eigenvalue weighted by atomic mass is 9.99. The number of hydrogen-bond acceptors (Lipinski definition) is 7. The fourth-order valence-electron chi connectivity index (χ4n) is 3.65. The molecular weight excluding hydrogens is 380 g/mol. The normalized spacial score (nSPS) is 20.4. The van der Waals surface area contributed by atoms with Gasteiger partial charge in [0, 0.05) is 19.2 Å². The van der Waals surface area contributed by atoms with E-state index in [1.165, 1.54) is 10.4 Å². The van der Waals surface area contributed by atoms with Crippen LogP contribution in [0.25, 0.3) is 11.7 Å². The van der Waals surface area contributed by atoms with Gasteiger partial charge in [-0.3, -0.25) is 0 Å². The molecule has 0 spiro atoms. The van der Waals surface area contributed by atoms with Crippen LogP contribution in [-0.4, -0.2) is 36.0 Å². The maximum absolute atomic E-state index is 12.7. The molecule has 1 saturated heterocycles. The second-order valence-corrected chi connectivity index (χ2v) is 8.84. The molecule has 8 nitrogen and oxygen atoms in total. The Kier molecular flexibility index (Phi) is 5.17. The Hall–Kier alpha value is -1.42. The molecule has 2 aromatic rings. The topological polar surface area (TPSA) is 115 Å². The van der Waals surface area contributed by atoms with Crippen molar-refractivity contribution in [3.8, 4) is 11.7 Å². The Labute approximate surface area is 158 Å². The third kappa shape index (κ3) is 3.17. The van der Waals surface area contributed by atoms with Gasteiger partial charge in [-0.05, 0) is 32.6 Å². The van der Waals surface area contributed by atoms with Gasteiger partial charge in [0.1, 0.15) is 10.7 Å².